The second-order valence-electron chi connectivity index (χ2n) is 21.3. The van der Waals surface area contributed by atoms with E-state index in [1.807, 2.05) is 23.3 Å². The van der Waals surface area contributed by atoms with Gasteiger partial charge in [-0.05, 0) is 103 Å². The van der Waals surface area contributed by atoms with Crippen LogP contribution in [0.3, 0.4) is 0 Å². The molecule has 4 aliphatic rings. The van der Waals surface area contributed by atoms with Crippen LogP contribution in [0, 0.1) is 0 Å². The monoisotopic (exact) mass is 1220 g/mol. The minimum Gasteiger partial charge on any atom is -0.484 e. The van der Waals surface area contributed by atoms with Crippen LogP contribution < -0.4 is 36.7 Å². The molecule has 2 aromatic carbocycles. The molecule has 4 N–H and O–H groups in total. The number of thioether (sulfide) groups is 1. The van der Waals surface area contributed by atoms with Crippen molar-refractivity contribution in [3.05, 3.63) is 134 Å². The molecule has 7 heterocycles. The number of carbonyl (C=O) groups is 5. The quantitative estimate of drug-likeness (QED) is 0.0367. The van der Waals surface area contributed by atoms with Gasteiger partial charge in [0, 0.05) is 119 Å². The van der Waals surface area contributed by atoms with E-state index in [1.54, 1.807) is 109 Å². The van der Waals surface area contributed by atoms with E-state index in [0.717, 1.165) is 10.0 Å². The number of carbonyl (C=O) groups excluding carboxylic acids is 5. The molecule has 9 rings (SSSR count). The number of aromatic nitrogens is 4. The first-order valence-electron chi connectivity index (χ1n) is 29.3. The highest BCUT2D eigenvalue weighted by Gasteiger charge is 2.53. The highest BCUT2D eigenvalue weighted by atomic mass is 32.2. The smallest absolute Gasteiger partial charge is 0.484 e. The molecule has 27 heteroatoms. The molecule has 1 atom stereocenters. The van der Waals surface area contributed by atoms with Crippen molar-refractivity contribution in [1.29, 1.82) is 0 Å². The molecular weight excluding hydrogens is 1150 g/mol. The molecule has 0 spiro atoms. The standard InChI is InChI=1S/C60H74BF2N11O12S/c1-4-23-72-59(80)58-51(69(3)60(72)81)36-48(67-58)42-9-15-46(16-10-42)85-40-55(77)66-37-56(78)71-26-24-70(25-27-71)39-54(76)65-22-7-29-83-31-33-84-32-30-82-28-6-21-64-53(75)38-68(2)57(79)41-86-47-17-11-43(12-18-47)49-19-13-44-35-45-14-20-50(52-8-5-34-87-52)74(45)61(62,63)73(44)49/h5,9-20,34-36,52,67H,4,6-8,21-33,37-41H2,1-3H3,(H,64,75)(H,65,76)(H,66,77). The van der Waals surface area contributed by atoms with Crippen molar-refractivity contribution in [1.82, 2.24) is 49.2 Å². The molecule has 3 aromatic heterocycles. The molecule has 5 aromatic rings. The molecule has 0 bridgehead atoms. The fourth-order valence-electron chi connectivity index (χ4n) is 10.5. The molecule has 23 nitrogen and oxygen atoms in total. The largest absolute Gasteiger partial charge is 0.737 e. The first-order valence-corrected chi connectivity index (χ1v) is 30.2. The maximum Gasteiger partial charge on any atom is 0.737 e. The van der Waals surface area contributed by atoms with Crippen LogP contribution in [0.2, 0.25) is 0 Å². The van der Waals surface area contributed by atoms with Gasteiger partial charge in [-0.3, -0.25) is 42.8 Å². The molecule has 1 fully saturated rings. The fraction of sp³-hybridized carbons (Fsp3) is 0.433. The first kappa shape index (κ1) is 63.4. The second-order valence-corrected chi connectivity index (χ2v) is 22.4. The zero-order valence-corrected chi connectivity index (χ0v) is 50.0. The minimum absolute atomic E-state index is 0.0575. The summed E-state index contributed by atoms with van der Waals surface area (Å²) in [7, 11) is 3.14. The Morgan fingerprint density at radius 1 is 0.782 bits per heavy atom. The Morgan fingerprint density at radius 3 is 2.08 bits per heavy atom. The summed E-state index contributed by atoms with van der Waals surface area (Å²) in [6.07, 6.45) is 9.70. The summed E-state index contributed by atoms with van der Waals surface area (Å²) >= 11 is 1.55. The average molecular weight is 1220 g/mol. The first-order chi connectivity index (χ1) is 42.1. The Morgan fingerprint density at radius 2 is 1.43 bits per heavy atom. The molecule has 0 saturated carbocycles. The van der Waals surface area contributed by atoms with Gasteiger partial charge in [-0.1, -0.05) is 13.0 Å². The molecule has 464 valence electrons. The van der Waals surface area contributed by atoms with Crippen LogP contribution in [0.25, 0.3) is 28.4 Å². The Hall–Kier alpha value is -8.11. The van der Waals surface area contributed by atoms with Crippen LogP contribution in [-0.2, 0) is 51.8 Å². The zero-order valence-electron chi connectivity index (χ0n) is 49.1. The molecule has 1 saturated heterocycles. The number of ether oxygens (including phenoxy) is 5. The number of hydrogen-bond acceptors (Lipinski definition) is 14. The van der Waals surface area contributed by atoms with Crippen LogP contribution in [0.1, 0.15) is 54.8 Å². The predicted octanol–water partition coefficient (Wildman–Crippen LogP) is 3.49. The third-order valence-corrected chi connectivity index (χ3v) is 16.3. The van der Waals surface area contributed by atoms with Gasteiger partial charge in [0.1, 0.15) is 17.0 Å². The summed E-state index contributed by atoms with van der Waals surface area (Å²) in [6.45, 7) is 2.33. The van der Waals surface area contributed by atoms with E-state index in [-0.39, 0.29) is 67.1 Å². The third-order valence-electron chi connectivity index (χ3n) is 15.2. The lowest BCUT2D eigenvalue weighted by Crippen LogP contribution is -2.53. The summed E-state index contributed by atoms with van der Waals surface area (Å²) in [6, 6.07) is 18.9. The topological polar surface area (TPSA) is 245 Å². The van der Waals surface area contributed by atoms with Crippen molar-refractivity contribution < 1.29 is 60.8 Å². The van der Waals surface area contributed by atoms with E-state index in [4.69, 9.17) is 23.7 Å². The van der Waals surface area contributed by atoms with Gasteiger partial charge in [-0.2, -0.15) is 0 Å². The van der Waals surface area contributed by atoms with Crippen molar-refractivity contribution in [2.45, 2.75) is 44.4 Å². The van der Waals surface area contributed by atoms with E-state index in [0.29, 0.717) is 168 Å². The fourth-order valence-corrected chi connectivity index (χ4v) is 11.5. The number of fused-ring (bicyclic) bond motifs is 3. The third kappa shape index (κ3) is 16.1. The van der Waals surface area contributed by atoms with Crippen molar-refractivity contribution >= 4 is 71.1 Å². The van der Waals surface area contributed by atoms with Gasteiger partial charge in [-0.15, -0.1) is 11.8 Å². The van der Waals surface area contributed by atoms with E-state index in [9.17, 15) is 33.6 Å². The van der Waals surface area contributed by atoms with Crippen molar-refractivity contribution in [3.63, 3.8) is 0 Å². The highest BCUT2D eigenvalue weighted by Crippen LogP contribution is 2.43. The summed E-state index contributed by atoms with van der Waals surface area (Å²) in [5.74, 6) is -0.734. The van der Waals surface area contributed by atoms with Crippen LogP contribution in [-0.4, -0.2) is 199 Å². The van der Waals surface area contributed by atoms with Crippen LogP contribution in [0.15, 0.2) is 106 Å². The van der Waals surface area contributed by atoms with Crippen molar-refractivity contribution in [2.24, 2.45) is 7.05 Å². The maximum absolute atomic E-state index is 16.3. The van der Waals surface area contributed by atoms with E-state index < -0.39 is 18.8 Å². The zero-order chi connectivity index (χ0) is 61.5. The number of aryl methyl sites for hydroxylation is 1. The number of benzene rings is 2. The van der Waals surface area contributed by atoms with Crippen LogP contribution in [0.4, 0.5) is 8.63 Å². The number of amides is 5. The number of hydrogen-bond donors (Lipinski definition) is 4. The summed E-state index contributed by atoms with van der Waals surface area (Å²) < 4.78 is 65.7. The normalized spacial score (nSPS) is 16.0. The number of allylic oxidation sites excluding steroid dienone is 3. The molecule has 1 unspecified atom stereocenters. The van der Waals surface area contributed by atoms with Crippen molar-refractivity contribution in [2.75, 3.05) is 119 Å². The number of nitrogens with one attached hydrogen (secondary N) is 4. The predicted molar refractivity (Wildman–Crippen MR) is 326 cm³/mol. The van der Waals surface area contributed by atoms with E-state index in [2.05, 4.69) is 20.9 Å². The molecule has 5 amide bonds. The van der Waals surface area contributed by atoms with E-state index >= 15 is 8.63 Å². The molecule has 4 aliphatic heterocycles. The lowest BCUT2D eigenvalue weighted by molar-refractivity contribution is -0.360. The molecule has 0 aliphatic carbocycles. The summed E-state index contributed by atoms with van der Waals surface area (Å²) in [5.41, 5.74) is 3.96. The van der Waals surface area contributed by atoms with Crippen molar-refractivity contribution in [3.8, 4) is 22.8 Å². The highest BCUT2D eigenvalue weighted by molar-refractivity contribution is 8.02. The van der Waals surface area contributed by atoms with Gasteiger partial charge in [-0.25, -0.2) is 4.79 Å². The number of piperazine rings is 1. The second kappa shape index (κ2) is 30.0. The SMILES string of the molecule is CCCn1c(=O)c2[nH]c(-c3ccc(OCC(=O)NCC(=O)N4CCN(CC(=O)NCCCOCCOCCOCCCNC(=O)CN(C)C(=O)COc5ccc(C6=[N+]7C(=Cc8ccc(C9CC=CS9)n8[B-]7(F)F)C=C6)cc5)CC4)cc3)cc2n(C)c1=O. The van der Waals surface area contributed by atoms with E-state index in [1.165, 1.54) is 25.6 Å². The maximum atomic E-state index is 16.3. The van der Waals surface area contributed by atoms with Gasteiger partial charge in [0.05, 0.1) is 51.6 Å². The average Bonchev–Trinajstić information content (AvgIpc) is 1.83. The molecule has 87 heavy (non-hydrogen) atoms. The number of likely N-dealkylation sites (N-methyl/N-ethyl adjacent to an activating group) is 1. The van der Waals surface area contributed by atoms with Gasteiger partial charge < -0.3 is 72.0 Å². The van der Waals surface area contributed by atoms with Gasteiger partial charge in [0.2, 0.25) is 17.7 Å². The summed E-state index contributed by atoms with van der Waals surface area (Å²) in [5, 5.41) is 10.2. The van der Waals surface area contributed by atoms with Gasteiger partial charge in [0.15, 0.2) is 24.6 Å². The van der Waals surface area contributed by atoms with Crippen LogP contribution >= 0.6 is 11.8 Å². The Kier molecular flexibility index (Phi) is 21.9. The Balaban J connectivity index is 0.538. The lowest BCUT2D eigenvalue weighted by atomic mass is 9.89. The summed E-state index contributed by atoms with van der Waals surface area (Å²) in [4.78, 5) is 97.0. The Bertz CT molecular complexity index is 3530. The number of halogens is 2. The lowest BCUT2D eigenvalue weighted by Gasteiger charge is -2.34. The molecule has 0 radical (unpaired) electrons. The molecular formula is C60H74BF2N11O12S. The number of nitrogens with zero attached hydrogens (tertiary/aromatic N) is 7. The van der Waals surface area contributed by atoms with Crippen LogP contribution in [0.5, 0.6) is 11.5 Å². The number of H-pyrrole nitrogens is 1. The van der Waals surface area contributed by atoms with Gasteiger partial charge in [0.25, 0.3) is 17.4 Å². The number of aromatic amines is 1. The van der Waals surface area contributed by atoms with Gasteiger partial charge >= 0.3 is 12.7 Å². The minimum atomic E-state index is -4.16. The number of rotatable bonds is 31. The Labute approximate surface area is 506 Å².